The zero-order valence-electron chi connectivity index (χ0n) is 11.3. The molecule has 20 heavy (non-hydrogen) atoms. The highest BCUT2D eigenvalue weighted by Gasteiger charge is 2.02. The fraction of sp³-hybridized carbons (Fsp3) is 0.188. The van der Waals surface area contributed by atoms with E-state index in [0.29, 0.717) is 6.54 Å². The summed E-state index contributed by atoms with van der Waals surface area (Å²) < 4.78 is 5.73. The maximum Gasteiger partial charge on any atom is 0.123 e. The van der Waals surface area contributed by atoms with Crippen molar-refractivity contribution in [2.75, 3.05) is 11.6 Å². The third kappa shape index (κ3) is 2.96. The van der Waals surface area contributed by atoms with Gasteiger partial charge < -0.3 is 9.73 Å². The van der Waals surface area contributed by atoms with Gasteiger partial charge in [-0.15, -0.1) is 0 Å². The van der Waals surface area contributed by atoms with Crippen LogP contribution in [-0.4, -0.2) is 11.2 Å². The third-order valence-corrected chi connectivity index (χ3v) is 3.63. The topological polar surface area (TPSA) is 38.1 Å². The van der Waals surface area contributed by atoms with Crippen LogP contribution >= 0.6 is 11.8 Å². The molecule has 0 amide bonds. The molecule has 4 heteroatoms. The molecule has 0 aliphatic carbocycles. The monoisotopic (exact) mass is 284 g/mol. The number of nitrogens with one attached hydrogen (secondary N) is 1. The number of hydrogen-bond donors (Lipinski definition) is 1. The molecule has 2 heterocycles. The summed E-state index contributed by atoms with van der Waals surface area (Å²) in [4.78, 5) is 4.43. The van der Waals surface area contributed by atoms with Gasteiger partial charge in [-0.1, -0.05) is 18.2 Å². The summed E-state index contributed by atoms with van der Waals surface area (Å²) in [5.74, 6) is 2.88. The van der Waals surface area contributed by atoms with E-state index in [1.165, 1.54) is 0 Å². The number of pyridine rings is 1. The van der Waals surface area contributed by atoms with Crippen molar-refractivity contribution in [3.63, 3.8) is 0 Å². The van der Waals surface area contributed by atoms with Crippen LogP contribution in [-0.2, 0) is 12.3 Å². The van der Waals surface area contributed by atoms with Gasteiger partial charge in [-0.25, -0.2) is 0 Å². The summed E-state index contributed by atoms with van der Waals surface area (Å²) in [6.45, 7) is 0.675. The van der Waals surface area contributed by atoms with Crippen LogP contribution in [0.25, 0.3) is 10.9 Å². The normalized spacial score (nSPS) is 10.8. The second-order valence-electron chi connectivity index (χ2n) is 4.57. The van der Waals surface area contributed by atoms with E-state index in [2.05, 4.69) is 28.7 Å². The second-order valence-corrected chi connectivity index (χ2v) is 5.44. The number of para-hydroxylation sites is 1. The number of aromatic nitrogens is 1. The van der Waals surface area contributed by atoms with Crippen molar-refractivity contribution in [3.05, 3.63) is 60.2 Å². The van der Waals surface area contributed by atoms with E-state index >= 15 is 0 Å². The Bertz CT molecular complexity index is 708. The lowest BCUT2D eigenvalue weighted by Gasteiger charge is -2.05. The number of benzene rings is 1. The van der Waals surface area contributed by atoms with Crippen LogP contribution in [0.15, 0.2) is 53.1 Å². The Morgan fingerprint density at radius 3 is 2.90 bits per heavy atom. The first-order chi connectivity index (χ1) is 9.85. The minimum atomic E-state index is 0.675. The minimum Gasteiger partial charge on any atom is -0.463 e. The number of anilines is 1. The number of nitrogens with zero attached hydrogens (tertiary/aromatic N) is 1. The van der Waals surface area contributed by atoms with Crippen molar-refractivity contribution >= 4 is 28.4 Å². The van der Waals surface area contributed by atoms with E-state index in [-0.39, 0.29) is 0 Å². The Balaban J connectivity index is 1.69. The largest absolute Gasteiger partial charge is 0.463 e. The highest BCUT2D eigenvalue weighted by molar-refractivity contribution is 7.97. The van der Waals surface area contributed by atoms with E-state index in [4.69, 9.17) is 4.42 Å². The Labute approximate surface area is 122 Å². The van der Waals surface area contributed by atoms with Gasteiger partial charge in [0.05, 0.1) is 29.7 Å². The highest BCUT2D eigenvalue weighted by atomic mass is 32.2. The van der Waals surface area contributed by atoms with Gasteiger partial charge in [-0.3, -0.25) is 4.98 Å². The average Bonchev–Trinajstić information content (AvgIpc) is 2.93. The number of fused-ring (bicyclic) bond motifs is 1. The molecule has 2 aromatic heterocycles. The number of furan rings is 1. The van der Waals surface area contributed by atoms with Crippen molar-refractivity contribution in [1.29, 1.82) is 0 Å². The van der Waals surface area contributed by atoms with Crippen LogP contribution < -0.4 is 5.32 Å². The van der Waals surface area contributed by atoms with Gasteiger partial charge in [-0.2, -0.15) is 11.8 Å². The molecule has 0 fully saturated rings. The molecule has 0 aliphatic rings. The lowest BCUT2D eigenvalue weighted by atomic mass is 10.2. The summed E-state index contributed by atoms with van der Waals surface area (Å²) in [6.07, 6.45) is 3.93. The first kappa shape index (κ1) is 13.1. The third-order valence-electron chi connectivity index (χ3n) is 3.06. The minimum absolute atomic E-state index is 0.675. The Morgan fingerprint density at radius 2 is 2.00 bits per heavy atom. The Morgan fingerprint density at radius 1 is 1.15 bits per heavy atom. The van der Waals surface area contributed by atoms with Crippen molar-refractivity contribution in [2.45, 2.75) is 12.3 Å². The molecule has 0 unspecified atom stereocenters. The smallest absolute Gasteiger partial charge is 0.123 e. The molecule has 1 aromatic carbocycles. The Kier molecular flexibility index (Phi) is 3.92. The fourth-order valence-electron chi connectivity index (χ4n) is 2.09. The highest BCUT2D eigenvalue weighted by Crippen LogP contribution is 2.18. The number of hydrogen-bond acceptors (Lipinski definition) is 4. The predicted molar refractivity (Wildman–Crippen MR) is 85.0 cm³/mol. The van der Waals surface area contributed by atoms with Gasteiger partial charge in [0.15, 0.2) is 0 Å². The molecule has 0 aliphatic heterocycles. The van der Waals surface area contributed by atoms with Gasteiger partial charge in [0, 0.05) is 5.39 Å². The molecule has 3 aromatic rings. The molecule has 0 bridgehead atoms. The second kappa shape index (κ2) is 6.01. The summed E-state index contributed by atoms with van der Waals surface area (Å²) in [5.41, 5.74) is 2.02. The van der Waals surface area contributed by atoms with E-state index in [1.54, 1.807) is 11.8 Å². The molecular formula is C16H16N2OS. The maximum absolute atomic E-state index is 5.73. The van der Waals surface area contributed by atoms with Crippen LogP contribution in [0.1, 0.15) is 11.5 Å². The van der Waals surface area contributed by atoms with Crippen LogP contribution in [0.3, 0.4) is 0 Å². The van der Waals surface area contributed by atoms with Crippen LogP contribution in [0.4, 0.5) is 5.69 Å². The van der Waals surface area contributed by atoms with Gasteiger partial charge in [0.2, 0.25) is 0 Å². The van der Waals surface area contributed by atoms with Crippen molar-refractivity contribution in [1.82, 2.24) is 4.98 Å². The maximum atomic E-state index is 5.73. The summed E-state index contributed by atoms with van der Waals surface area (Å²) in [5, 5.41) is 4.48. The molecule has 0 saturated carbocycles. The zero-order chi connectivity index (χ0) is 13.8. The van der Waals surface area contributed by atoms with Gasteiger partial charge >= 0.3 is 0 Å². The van der Waals surface area contributed by atoms with Gasteiger partial charge in [-0.05, 0) is 30.5 Å². The number of rotatable bonds is 5. The molecule has 0 spiro atoms. The molecule has 1 N–H and O–H groups in total. The van der Waals surface area contributed by atoms with Gasteiger partial charge in [0.1, 0.15) is 11.5 Å². The van der Waals surface area contributed by atoms with Crippen molar-refractivity contribution in [3.8, 4) is 0 Å². The summed E-state index contributed by atoms with van der Waals surface area (Å²) in [7, 11) is 0. The number of thioether (sulfide) groups is 1. The molecule has 3 rings (SSSR count). The van der Waals surface area contributed by atoms with E-state index < -0.39 is 0 Å². The standard InChI is InChI=1S/C16H16N2OS/c1-20-11-15-7-6-14(19-15)10-17-13-8-12-4-2-3-5-16(12)18-9-13/h2-9,17H,10-11H2,1H3. The fourth-order valence-corrected chi connectivity index (χ4v) is 2.53. The van der Waals surface area contributed by atoms with Crippen LogP contribution in [0.2, 0.25) is 0 Å². The molecule has 0 atom stereocenters. The zero-order valence-corrected chi connectivity index (χ0v) is 12.1. The molecule has 3 nitrogen and oxygen atoms in total. The van der Waals surface area contributed by atoms with Crippen molar-refractivity contribution < 1.29 is 4.42 Å². The summed E-state index contributed by atoms with van der Waals surface area (Å²) in [6, 6.07) is 14.3. The van der Waals surface area contributed by atoms with E-state index in [1.807, 2.05) is 36.5 Å². The average molecular weight is 284 g/mol. The predicted octanol–water partition coefficient (Wildman–Crippen LogP) is 4.30. The van der Waals surface area contributed by atoms with E-state index in [0.717, 1.165) is 33.9 Å². The molecule has 0 radical (unpaired) electrons. The van der Waals surface area contributed by atoms with E-state index in [9.17, 15) is 0 Å². The summed E-state index contributed by atoms with van der Waals surface area (Å²) >= 11 is 1.76. The lowest BCUT2D eigenvalue weighted by molar-refractivity contribution is 0.487. The van der Waals surface area contributed by atoms with Gasteiger partial charge in [0.25, 0.3) is 0 Å². The first-order valence-corrected chi connectivity index (χ1v) is 7.90. The Hall–Kier alpha value is -1.94. The quantitative estimate of drug-likeness (QED) is 0.758. The first-order valence-electron chi connectivity index (χ1n) is 6.50. The lowest BCUT2D eigenvalue weighted by Crippen LogP contribution is -1.98. The molecule has 102 valence electrons. The van der Waals surface area contributed by atoms with Crippen molar-refractivity contribution in [2.24, 2.45) is 0 Å². The molecular weight excluding hydrogens is 268 g/mol. The van der Waals surface area contributed by atoms with Crippen LogP contribution in [0, 0.1) is 0 Å². The van der Waals surface area contributed by atoms with Crippen LogP contribution in [0.5, 0.6) is 0 Å². The molecule has 0 saturated heterocycles. The SMILES string of the molecule is CSCc1ccc(CNc2cnc3ccccc3c2)o1.